The molecular formula is C30H37ClN2O5S. The van der Waals surface area contributed by atoms with Gasteiger partial charge in [-0.3, -0.25) is 9.78 Å². The zero-order valence-electron chi connectivity index (χ0n) is 22.6. The van der Waals surface area contributed by atoms with Crippen molar-refractivity contribution < 1.29 is 24.5 Å². The zero-order chi connectivity index (χ0) is 27.8. The van der Waals surface area contributed by atoms with Crippen molar-refractivity contribution in [2.24, 2.45) is 5.41 Å². The van der Waals surface area contributed by atoms with Gasteiger partial charge < -0.3 is 24.6 Å². The first-order valence-electron chi connectivity index (χ1n) is 13.3. The Labute approximate surface area is 239 Å². The average molecular weight is 573 g/mol. The third-order valence-corrected chi connectivity index (χ3v) is 9.14. The van der Waals surface area contributed by atoms with Crippen LogP contribution in [-0.4, -0.2) is 65.7 Å². The van der Waals surface area contributed by atoms with Gasteiger partial charge in [0.2, 0.25) is 0 Å². The molecule has 0 aliphatic carbocycles. The number of nitrogens with zero attached hydrogens (tertiary/aromatic N) is 2. The molecule has 1 atom stereocenters. The molecule has 1 fully saturated rings. The molecule has 1 aromatic heterocycles. The Morgan fingerprint density at radius 1 is 1.13 bits per heavy atom. The van der Waals surface area contributed by atoms with Crippen LogP contribution in [0.1, 0.15) is 50.2 Å². The number of methoxy groups -OCH3 is 2. The number of carbonyl (C=O) groups is 1. The molecule has 2 heterocycles. The number of aliphatic hydroxyl groups excluding tert-OH is 1. The zero-order valence-corrected chi connectivity index (χ0v) is 24.1. The van der Waals surface area contributed by atoms with Crippen LogP contribution in [0.15, 0.2) is 53.6 Å². The van der Waals surface area contributed by atoms with Crippen LogP contribution in [0, 0.1) is 5.41 Å². The number of aliphatic hydroxyl groups is 1. The van der Waals surface area contributed by atoms with Crippen molar-refractivity contribution in [3.05, 3.63) is 59.2 Å². The number of likely N-dealkylation sites (tertiary alicyclic amines) is 1. The SMILES string of the molecule is COc1ccc(SCCCN2CCC(CCC(O)c3c(Cl)cnc4ccc(OC)cc34)(CC(=O)O)CC2)cc1. The topological polar surface area (TPSA) is 92.1 Å². The van der Waals surface area contributed by atoms with Crippen LogP contribution in [0.3, 0.4) is 0 Å². The van der Waals surface area contributed by atoms with Gasteiger partial charge in [-0.15, -0.1) is 11.8 Å². The van der Waals surface area contributed by atoms with Crippen molar-refractivity contribution in [1.82, 2.24) is 9.88 Å². The van der Waals surface area contributed by atoms with E-state index in [9.17, 15) is 15.0 Å². The molecule has 39 heavy (non-hydrogen) atoms. The third kappa shape index (κ3) is 7.78. The normalized spacial score (nSPS) is 16.2. The number of thioether (sulfide) groups is 1. The summed E-state index contributed by atoms with van der Waals surface area (Å²) in [6.45, 7) is 2.73. The minimum absolute atomic E-state index is 0.111. The maximum Gasteiger partial charge on any atom is 0.303 e. The minimum Gasteiger partial charge on any atom is -0.497 e. The van der Waals surface area contributed by atoms with E-state index in [1.807, 2.05) is 42.1 Å². The first kappa shape index (κ1) is 29.5. The van der Waals surface area contributed by atoms with Gasteiger partial charge in [-0.05, 0) is 105 Å². The number of rotatable bonds is 13. The summed E-state index contributed by atoms with van der Waals surface area (Å²) in [5.41, 5.74) is 1.01. The first-order chi connectivity index (χ1) is 18.8. The number of aromatic nitrogens is 1. The van der Waals surface area contributed by atoms with E-state index >= 15 is 0 Å². The van der Waals surface area contributed by atoms with Gasteiger partial charge in [0.15, 0.2) is 0 Å². The molecule has 210 valence electrons. The van der Waals surface area contributed by atoms with Crippen molar-refractivity contribution >= 4 is 40.2 Å². The Hall–Kier alpha value is -2.52. The first-order valence-corrected chi connectivity index (χ1v) is 14.7. The molecule has 1 unspecified atom stereocenters. The van der Waals surface area contributed by atoms with Gasteiger partial charge in [0.1, 0.15) is 11.5 Å². The summed E-state index contributed by atoms with van der Waals surface area (Å²) in [7, 11) is 3.26. The third-order valence-electron chi connectivity index (χ3n) is 7.74. The summed E-state index contributed by atoms with van der Waals surface area (Å²) in [6.07, 6.45) is 4.57. The lowest BCUT2D eigenvalue weighted by Gasteiger charge is -2.41. The van der Waals surface area contributed by atoms with Gasteiger partial charge in [0.25, 0.3) is 0 Å². The second-order valence-corrected chi connectivity index (χ2v) is 11.8. The molecule has 0 radical (unpaired) electrons. The van der Waals surface area contributed by atoms with Crippen LogP contribution in [0.25, 0.3) is 10.9 Å². The molecular weight excluding hydrogens is 536 g/mol. The number of hydrogen-bond donors (Lipinski definition) is 2. The highest BCUT2D eigenvalue weighted by atomic mass is 35.5. The van der Waals surface area contributed by atoms with Crippen LogP contribution in [0.5, 0.6) is 11.5 Å². The molecule has 4 rings (SSSR count). The number of carboxylic acid groups (broad SMARTS) is 1. The molecule has 2 aromatic carbocycles. The van der Waals surface area contributed by atoms with Crippen LogP contribution in [-0.2, 0) is 4.79 Å². The number of fused-ring (bicyclic) bond motifs is 1. The maximum atomic E-state index is 11.8. The monoisotopic (exact) mass is 572 g/mol. The fourth-order valence-electron chi connectivity index (χ4n) is 5.46. The van der Waals surface area contributed by atoms with Crippen molar-refractivity contribution in [2.45, 2.75) is 49.5 Å². The van der Waals surface area contributed by atoms with Crippen molar-refractivity contribution in [3.63, 3.8) is 0 Å². The Bertz CT molecular complexity index is 1250. The predicted molar refractivity (Wildman–Crippen MR) is 156 cm³/mol. The van der Waals surface area contributed by atoms with Crippen molar-refractivity contribution in [1.29, 1.82) is 0 Å². The van der Waals surface area contributed by atoms with Crippen LogP contribution < -0.4 is 9.47 Å². The highest BCUT2D eigenvalue weighted by molar-refractivity contribution is 7.99. The van der Waals surface area contributed by atoms with Crippen molar-refractivity contribution in [3.8, 4) is 11.5 Å². The Morgan fingerprint density at radius 3 is 2.49 bits per heavy atom. The van der Waals surface area contributed by atoms with E-state index in [2.05, 4.69) is 22.0 Å². The molecule has 0 bridgehead atoms. The molecule has 1 saturated heterocycles. The van der Waals surface area contributed by atoms with Gasteiger partial charge in [-0.1, -0.05) is 11.6 Å². The summed E-state index contributed by atoms with van der Waals surface area (Å²) in [5, 5.41) is 22.1. The average Bonchev–Trinajstić information content (AvgIpc) is 2.94. The number of aliphatic carboxylic acids is 1. The fourth-order valence-corrected chi connectivity index (χ4v) is 6.57. The lowest BCUT2D eigenvalue weighted by atomic mass is 9.71. The smallest absolute Gasteiger partial charge is 0.303 e. The molecule has 1 aliphatic rings. The highest BCUT2D eigenvalue weighted by Gasteiger charge is 2.37. The lowest BCUT2D eigenvalue weighted by molar-refractivity contribution is -0.141. The minimum atomic E-state index is -0.825. The summed E-state index contributed by atoms with van der Waals surface area (Å²) < 4.78 is 10.6. The van der Waals surface area contributed by atoms with Crippen LogP contribution >= 0.6 is 23.4 Å². The number of piperidine rings is 1. The number of halogens is 1. The Kier molecular flexibility index (Phi) is 10.4. The number of ether oxygens (including phenoxy) is 2. The van der Waals surface area contributed by atoms with Gasteiger partial charge in [-0.2, -0.15) is 0 Å². The van der Waals surface area contributed by atoms with E-state index in [1.165, 1.54) is 4.90 Å². The molecule has 0 spiro atoms. The van der Waals surface area contributed by atoms with E-state index in [4.69, 9.17) is 21.1 Å². The van der Waals surface area contributed by atoms with Gasteiger partial charge in [0.05, 0.1) is 37.3 Å². The summed E-state index contributed by atoms with van der Waals surface area (Å²) in [5.74, 6) is 1.77. The number of hydrogen-bond acceptors (Lipinski definition) is 7. The summed E-state index contributed by atoms with van der Waals surface area (Å²) in [4.78, 5) is 19.9. The largest absolute Gasteiger partial charge is 0.497 e. The molecule has 1 aliphatic heterocycles. The van der Waals surface area contributed by atoms with E-state index in [0.29, 0.717) is 29.2 Å². The maximum absolute atomic E-state index is 11.8. The molecule has 7 nitrogen and oxygen atoms in total. The van der Waals surface area contributed by atoms with Crippen LogP contribution in [0.4, 0.5) is 0 Å². The number of benzene rings is 2. The molecule has 3 aromatic rings. The highest BCUT2D eigenvalue weighted by Crippen LogP contribution is 2.43. The van der Waals surface area contributed by atoms with Gasteiger partial charge in [0, 0.05) is 22.0 Å². The standard InChI is InChI=1S/C30H37ClN2O5S/c1-37-21-4-7-23(8-5-21)39-17-3-14-33-15-12-30(13-16-33,19-28(35)36)11-10-27(34)29-24-18-22(38-2)6-9-26(24)32-20-25(29)31/h4-9,18,20,27,34H,3,10-17,19H2,1-2H3,(H,35,36). The van der Waals surface area contributed by atoms with E-state index in [1.54, 1.807) is 20.4 Å². The van der Waals surface area contributed by atoms with Gasteiger partial charge in [-0.25, -0.2) is 0 Å². The number of carboxylic acids is 1. The summed E-state index contributed by atoms with van der Waals surface area (Å²) in [6, 6.07) is 13.6. The molecule has 0 saturated carbocycles. The second kappa shape index (κ2) is 13.7. The quantitative estimate of drug-likeness (QED) is 0.178. The molecule has 2 N–H and O–H groups in total. The van der Waals surface area contributed by atoms with Crippen LogP contribution in [0.2, 0.25) is 5.02 Å². The number of pyridine rings is 1. The second-order valence-electron chi connectivity index (χ2n) is 10.2. The fraction of sp³-hybridized carbons (Fsp3) is 0.467. The van der Waals surface area contributed by atoms with Crippen molar-refractivity contribution in [2.75, 3.05) is 39.6 Å². The van der Waals surface area contributed by atoms with Gasteiger partial charge >= 0.3 is 5.97 Å². The Balaban J connectivity index is 1.33. The Morgan fingerprint density at radius 2 is 1.82 bits per heavy atom. The molecule has 9 heteroatoms. The molecule has 0 amide bonds. The summed E-state index contributed by atoms with van der Waals surface area (Å²) >= 11 is 8.33. The van der Waals surface area contributed by atoms with E-state index < -0.39 is 12.1 Å². The predicted octanol–water partition coefficient (Wildman–Crippen LogP) is 6.46. The van der Waals surface area contributed by atoms with E-state index in [0.717, 1.165) is 61.3 Å². The lowest BCUT2D eigenvalue weighted by Crippen LogP contribution is -2.41. The van der Waals surface area contributed by atoms with E-state index in [-0.39, 0.29) is 11.8 Å².